The zero-order valence-corrected chi connectivity index (χ0v) is 18.3. The molecule has 1 spiro atoms. The molecular weight excluding hydrogens is 421 g/mol. The summed E-state index contributed by atoms with van der Waals surface area (Å²) in [5, 5.41) is 0. The van der Waals surface area contributed by atoms with Crippen molar-refractivity contribution < 1.29 is 17.9 Å². The van der Waals surface area contributed by atoms with Gasteiger partial charge in [0.25, 0.3) is 0 Å². The van der Waals surface area contributed by atoms with Crippen LogP contribution in [0.2, 0.25) is 0 Å². The Bertz CT molecular complexity index is 1430. The highest BCUT2D eigenvalue weighted by atomic mass is 19.4. The molecule has 0 amide bonds. The van der Waals surface area contributed by atoms with Crippen LogP contribution in [0.15, 0.2) is 78.9 Å². The molecule has 0 N–H and O–H groups in total. The molecule has 2 aliphatic carbocycles. The quantitative estimate of drug-likeness (QED) is 0.267. The van der Waals surface area contributed by atoms with Crippen LogP contribution in [0, 0.1) is 13.8 Å². The summed E-state index contributed by atoms with van der Waals surface area (Å²) in [5.74, 6) is 0. The van der Waals surface area contributed by atoms with Crippen LogP contribution in [0.4, 0.5) is 13.2 Å². The molecule has 0 bridgehead atoms. The maximum Gasteiger partial charge on any atom is 0.522 e. The van der Waals surface area contributed by atoms with E-state index in [1.165, 1.54) is 27.8 Å². The molecule has 2 aliphatic rings. The third kappa shape index (κ3) is 2.83. The van der Waals surface area contributed by atoms with E-state index in [0.717, 1.165) is 27.8 Å². The van der Waals surface area contributed by atoms with Crippen LogP contribution < -0.4 is 0 Å². The predicted molar refractivity (Wildman–Crippen MR) is 123 cm³/mol. The van der Waals surface area contributed by atoms with E-state index < -0.39 is 18.4 Å². The Morgan fingerprint density at radius 1 is 0.636 bits per heavy atom. The van der Waals surface area contributed by atoms with Crippen LogP contribution in [0.3, 0.4) is 0 Å². The van der Waals surface area contributed by atoms with Crippen LogP contribution >= 0.6 is 0 Å². The molecule has 6 rings (SSSR count). The maximum absolute atomic E-state index is 12.8. The van der Waals surface area contributed by atoms with Crippen molar-refractivity contribution in [3.05, 3.63) is 118 Å². The Kier molecular flexibility index (Phi) is 4.18. The van der Waals surface area contributed by atoms with Crippen molar-refractivity contribution in [2.24, 2.45) is 0 Å². The molecule has 1 unspecified atom stereocenters. The average Bonchev–Trinajstić information content (AvgIpc) is 3.23. The summed E-state index contributed by atoms with van der Waals surface area (Å²) in [6, 6.07) is 27.0. The minimum absolute atomic E-state index is 0.508. The second-order valence-electron chi connectivity index (χ2n) is 9.01. The molecule has 0 heterocycles. The molecule has 0 saturated carbocycles. The molecule has 4 heteroatoms. The maximum atomic E-state index is 12.8. The fourth-order valence-corrected chi connectivity index (χ4v) is 5.72. The highest BCUT2D eigenvalue weighted by Crippen LogP contribution is 2.63. The first-order valence-electron chi connectivity index (χ1n) is 11.0. The van der Waals surface area contributed by atoms with E-state index >= 15 is 0 Å². The molecule has 0 aliphatic heterocycles. The summed E-state index contributed by atoms with van der Waals surface area (Å²) in [4.78, 5) is 0. The lowest BCUT2D eigenvalue weighted by Gasteiger charge is -2.31. The highest BCUT2D eigenvalue weighted by Gasteiger charge is 2.51. The van der Waals surface area contributed by atoms with Gasteiger partial charge in [-0.3, -0.25) is 4.74 Å². The van der Waals surface area contributed by atoms with Gasteiger partial charge in [-0.2, -0.15) is 0 Å². The Balaban J connectivity index is 1.69. The molecule has 0 aromatic heterocycles. The van der Waals surface area contributed by atoms with Gasteiger partial charge in [0.2, 0.25) is 0 Å². The van der Waals surface area contributed by atoms with E-state index in [0.29, 0.717) is 5.56 Å². The van der Waals surface area contributed by atoms with Gasteiger partial charge in [0.05, 0.1) is 12.0 Å². The fourth-order valence-electron chi connectivity index (χ4n) is 5.72. The number of hydrogen-bond acceptors (Lipinski definition) is 1. The molecule has 4 aromatic rings. The summed E-state index contributed by atoms with van der Waals surface area (Å²) >= 11 is 0. The van der Waals surface area contributed by atoms with E-state index in [1.54, 1.807) is 6.07 Å². The number of rotatable bonds is 2. The van der Waals surface area contributed by atoms with E-state index in [-0.39, 0.29) is 0 Å². The van der Waals surface area contributed by atoms with Gasteiger partial charge in [0, 0.05) is 0 Å². The van der Waals surface area contributed by atoms with Crippen molar-refractivity contribution in [2.75, 3.05) is 0 Å². The third-order valence-corrected chi connectivity index (χ3v) is 6.96. The summed E-state index contributed by atoms with van der Waals surface area (Å²) in [6.45, 7) is 3.64. The summed E-state index contributed by atoms with van der Waals surface area (Å²) in [6.07, 6.45) is -4.67. The van der Waals surface area contributed by atoms with Gasteiger partial charge in [-0.25, -0.2) is 0 Å². The van der Waals surface area contributed by atoms with Crippen molar-refractivity contribution in [2.45, 2.75) is 32.2 Å². The molecular formula is C29H21F3O. The van der Waals surface area contributed by atoms with Gasteiger partial charge < -0.3 is 0 Å². The van der Waals surface area contributed by atoms with E-state index in [9.17, 15) is 13.2 Å². The topological polar surface area (TPSA) is 9.23 Å². The number of benzene rings is 4. The second kappa shape index (κ2) is 6.82. The number of halogens is 3. The fraction of sp³-hybridized carbons (Fsp3) is 0.172. The van der Waals surface area contributed by atoms with Crippen molar-refractivity contribution in [3.63, 3.8) is 0 Å². The minimum atomic E-state index is -4.67. The van der Waals surface area contributed by atoms with Crippen molar-refractivity contribution in [3.8, 4) is 22.3 Å². The van der Waals surface area contributed by atoms with Crippen LogP contribution in [0.5, 0.6) is 0 Å². The van der Waals surface area contributed by atoms with Crippen LogP contribution in [-0.4, -0.2) is 6.36 Å². The molecule has 164 valence electrons. The zero-order chi connectivity index (χ0) is 23.0. The van der Waals surface area contributed by atoms with Gasteiger partial charge in [-0.1, -0.05) is 90.0 Å². The highest BCUT2D eigenvalue weighted by molar-refractivity contribution is 5.95. The molecule has 0 saturated heterocycles. The van der Waals surface area contributed by atoms with Crippen molar-refractivity contribution >= 4 is 0 Å². The monoisotopic (exact) mass is 442 g/mol. The third-order valence-electron chi connectivity index (χ3n) is 6.96. The van der Waals surface area contributed by atoms with Crippen molar-refractivity contribution in [1.29, 1.82) is 0 Å². The van der Waals surface area contributed by atoms with E-state index in [4.69, 9.17) is 0 Å². The average molecular weight is 442 g/mol. The summed E-state index contributed by atoms with van der Waals surface area (Å²) < 4.78 is 42.5. The Hall–Kier alpha value is -3.37. The number of alkyl halides is 3. The normalized spacial score (nSPS) is 17.6. The first-order valence-corrected chi connectivity index (χ1v) is 11.0. The van der Waals surface area contributed by atoms with E-state index in [2.05, 4.69) is 67.1 Å². The molecule has 0 fully saturated rings. The molecule has 1 atom stereocenters. The van der Waals surface area contributed by atoms with E-state index in [1.807, 2.05) is 24.3 Å². The molecule has 4 aromatic carbocycles. The van der Waals surface area contributed by atoms with Crippen molar-refractivity contribution in [1.82, 2.24) is 0 Å². The Labute approximate surface area is 190 Å². The van der Waals surface area contributed by atoms with Crippen LogP contribution in [0.25, 0.3) is 22.3 Å². The Morgan fingerprint density at radius 3 is 2.06 bits per heavy atom. The van der Waals surface area contributed by atoms with Gasteiger partial charge in [0.1, 0.15) is 0 Å². The number of hydrogen-bond donors (Lipinski definition) is 0. The first-order chi connectivity index (χ1) is 15.8. The SMILES string of the molecule is Cc1ccc2c(c1)-c1ccc(COC(F)(F)F)cc1C21c2ccccc2-c2ccc(C)cc21. The molecule has 1 nitrogen and oxygen atoms in total. The first kappa shape index (κ1) is 20.3. The van der Waals surface area contributed by atoms with Gasteiger partial charge >= 0.3 is 6.36 Å². The Morgan fingerprint density at radius 2 is 1.24 bits per heavy atom. The lowest BCUT2D eigenvalue weighted by molar-refractivity contribution is -0.330. The molecule has 0 radical (unpaired) electrons. The van der Waals surface area contributed by atoms with Crippen LogP contribution in [-0.2, 0) is 16.8 Å². The van der Waals surface area contributed by atoms with Gasteiger partial charge in [-0.15, -0.1) is 13.2 Å². The number of fused-ring (bicyclic) bond motifs is 10. The lowest BCUT2D eigenvalue weighted by atomic mass is 9.70. The second-order valence-corrected chi connectivity index (χ2v) is 9.01. The number of aryl methyl sites for hydroxylation is 2. The molecule has 33 heavy (non-hydrogen) atoms. The van der Waals surface area contributed by atoms with Crippen LogP contribution in [0.1, 0.15) is 38.9 Å². The van der Waals surface area contributed by atoms with Gasteiger partial charge in [-0.05, 0) is 63.9 Å². The smallest absolute Gasteiger partial charge is 0.287 e. The standard InChI is InChI=1S/C29H21F3O/c1-17-8-12-25-23(13-17)22-11-9-19(16-33-29(30,31)32)15-27(22)28(25)24-6-4-3-5-20(24)21-10-7-18(2)14-26(21)28/h3-15H,16H2,1-2H3. The zero-order valence-electron chi connectivity index (χ0n) is 18.3. The lowest BCUT2D eigenvalue weighted by Crippen LogP contribution is -2.26. The summed E-state index contributed by atoms with van der Waals surface area (Å²) in [7, 11) is 0. The summed E-state index contributed by atoms with van der Waals surface area (Å²) in [5.41, 5.74) is 11.3. The minimum Gasteiger partial charge on any atom is -0.287 e. The van der Waals surface area contributed by atoms with Gasteiger partial charge in [0.15, 0.2) is 0 Å². The predicted octanol–water partition coefficient (Wildman–Crippen LogP) is 7.68. The number of ether oxygens (including phenoxy) is 1. The largest absolute Gasteiger partial charge is 0.522 e.